The van der Waals surface area contributed by atoms with Crippen LogP contribution in [0, 0.1) is 23.7 Å². The Balaban J connectivity index is -0.000000704. The average Bonchev–Trinajstić information content (AvgIpc) is 0.880. The van der Waals surface area contributed by atoms with Crippen molar-refractivity contribution in [1.29, 1.82) is 0 Å². The van der Waals surface area contributed by atoms with Crippen molar-refractivity contribution in [3.8, 4) is 0 Å². The van der Waals surface area contributed by atoms with Gasteiger partial charge in [0.1, 0.15) is 19.8 Å². The lowest BCUT2D eigenvalue weighted by Gasteiger charge is -2.22. The highest BCUT2D eigenvalue weighted by atomic mass is 31.3. The minimum atomic E-state index is -3.87. The third kappa shape index (κ3) is 66.2. The lowest BCUT2D eigenvalue weighted by Crippen LogP contribution is -2.31. The van der Waals surface area contributed by atoms with Crippen molar-refractivity contribution in [2.75, 3.05) is 225 Å². The maximum absolute atomic E-state index is 13.0. The lowest BCUT2D eigenvalue weighted by atomic mass is 10.1. The van der Waals surface area contributed by atoms with Crippen LogP contribution in [0.15, 0.2) is 0 Å². The normalized spacial score (nSPS) is 15.1. The van der Waals surface area contributed by atoms with Crippen LogP contribution in [0.4, 0.5) is 0 Å². The molecule has 0 aromatic carbocycles. The van der Waals surface area contributed by atoms with Gasteiger partial charge < -0.3 is 104 Å². The van der Waals surface area contributed by atoms with Crippen molar-refractivity contribution in [1.82, 2.24) is 29.4 Å². The smallest absolute Gasteiger partial charge is 0.341 e. The first-order valence-corrected chi connectivity index (χ1v) is 46.5. The molecule has 57 heteroatoms. The Kier molecular flexibility index (Phi) is 73.0. The zero-order valence-electron chi connectivity index (χ0n) is 67.1. The van der Waals surface area contributed by atoms with E-state index in [1.807, 2.05) is 57.0 Å². The van der Waals surface area contributed by atoms with Crippen LogP contribution in [0.5, 0.6) is 0 Å². The van der Waals surface area contributed by atoms with Gasteiger partial charge in [0, 0.05) is 144 Å². The van der Waals surface area contributed by atoms with Crippen molar-refractivity contribution in [2.45, 2.75) is 51.4 Å². The van der Waals surface area contributed by atoms with Gasteiger partial charge in [-0.05, 0) is 68.0 Å². The minimum absolute atomic E-state index is 0.0278. The predicted octanol–water partition coefficient (Wildman–Crippen LogP) is 7.05. The van der Waals surface area contributed by atoms with E-state index in [0.29, 0.717) is 19.6 Å². The topological polar surface area (TPSA) is 519 Å². The molecule has 0 spiro atoms. The second kappa shape index (κ2) is 70.5. The maximum atomic E-state index is 13.0. The number of hydrogen-bond acceptors (Lipinski definition) is 40. The van der Waals surface area contributed by atoms with Crippen LogP contribution in [0.3, 0.4) is 0 Å². The van der Waals surface area contributed by atoms with Gasteiger partial charge in [-0.2, -0.15) is 0 Å². The van der Waals surface area contributed by atoms with E-state index in [0.717, 1.165) is 0 Å². The first-order valence-electron chi connectivity index (χ1n) is 33.0. The fraction of sp³-hybridized carbons (Fsp3) is 0.804. The largest absolute Gasteiger partial charge is 0.481 e. The fourth-order valence-electron chi connectivity index (χ4n) is 6.93. The number of hydrogen-bond donors (Lipinski definition) is 2. The summed E-state index contributed by atoms with van der Waals surface area (Å²) in [4.78, 5) is 139. The van der Waals surface area contributed by atoms with E-state index in [-0.39, 0.29) is 83.5 Å². The highest BCUT2D eigenvalue weighted by Gasteiger charge is 2.40. The number of carboxylic acids is 2. The highest BCUT2D eigenvalue weighted by molar-refractivity contribution is 7.65. The molecule has 0 aliphatic heterocycles. The molecule has 0 bridgehead atoms. The predicted molar refractivity (Wildman–Crippen MR) is 425 cm³/mol. The molecule has 0 aromatic heterocycles. The molecule has 0 rings (SSSR count). The summed E-state index contributed by atoms with van der Waals surface area (Å²) in [6.07, 6.45) is -2.64. The van der Waals surface area contributed by atoms with Crippen molar-refractivity contribution < 1.29 is 180 Å². The number of likely N-dealkylation sites (N-methyl/N-ethyl adjacent to an activating group) is 6. The first-order chi connectivity index (χ1) is 53.0. The Morgan fingerprint density at radius 2 is 0.487 bits per heavy atom. The summed E-state index contributed by atoms with van der Waals surface area (Å²) in [5.41, 5.74) is 0. The molecule has 2 N–H and O–H groups in total. The Labute approximate surface area is 675 Å². The van der Waals surface area contributed by atoms with E-state index in [2.05, 4.69) is 0 Å². The summed E-state index contributed by atoms with van der Waals surface area (Å²) in [7, 11) is 11.1. The molecule has 0 saturated carbocycles. The monoisotopic (exact) mass is 1870 g/mol. The molecule has 3 amide bonds. The van der Waals surface area contributed by atoms with Gasteiger partial charge in [0.15, 0.2) is 92.1 Å². The lowest BCUT2D eigenvalue weighted by molar-refractivity contribution is -0.155. The molecule has 113 heavy (non-hydrogen) atoms. The zero-order chi connectivity index (χ0) is 87.2. The van der Waals surface area contributed by atoms with E-state index in [1.165, 1.54) is 114 Å². The Morgan fingerprint density at radius 3 is 0.690 bits per heavy atom. The molecule has 0 aliphatic carbocycles. The second-order valence-electron chi connectivity index (χ2n) is 23.6. The molecule has 12 unspecified atom stereocenters. The van der Waals surface area contributed by atoms with E-state index >= 15 is 0 Å². The molecular weight excluding hydrogens is 1750 g/mol. The van der Waals surface area contributed by atoms with Gasteiger partial charge in [-0.1, -0.05) is 0 Å². The molecule has 0 radical (unpaired) electrons. The van der Waals surface area contributed by atoms with Gasteiger partial charge in [0.05, 0.1) is 48.3 Å². The molecule has 0 aliphatic rings. The third-order valence-corrected chi connectivity index (χ3v) is 29.1. The van der Waals surface area contributed by atoms with E-state index in [9.17, 15) is 71.0 Å². The summed E-state index contributed by atoms with van der Waals surface area (Å²) in [6.45, 7) is 0.697. The summed E-state index contributed by atoms with van der Waals surface area (Å²) >= 11 is 0. The van der Waals surface area contributed by atoms with E-state index in [4.69, 9.17) is 109 Å². The van der Waals surface area contributed by atoms with Gasteiger partial charge in [0.2, 0.25) is 0 Å². The SMILES string of the molecule is COPOP(=O)(CC(CCC(=O)O)C(=O)OCC(=O)N(C)C)OPOC.COPOP(=O)(CC(CCC(=O)O)C(=O)OCCN(C)C)OPOC.COPOP(=O)(CC(CCC(=O)OCC(=O)N(C)C)C(=O)OCC(=O)N(C)C)OPOC.COPOP(=O)(CC(CCC(=O)OCCN(C)C)C(=O)OCCN(C)C)OPOC. The molecule has 45 nitrogen and oxygen atoms in total. The average molecular weight is 1870 g/mol. The first kappa shape index (κ1) is 117. The number of rotatable bonds is 63. The van der Waals surface area contributed by atoms with Gasteiger partial charge in [-0.25, -0.2) is 0 Å². The number of ether oxygens (including phenoxy) is 6. The Bertz CT molecular complexity index is 2880. The molecule has 0 saturated heterocycles. The number of aliphatic carboxylic acids is 2. The Hall–Kier alpha value is -2.23. The van der Waals surface area contributed by atoms with Crippen LogP contribution in [-0.2, 0) is 170 Å². The van der Waals surface area contributed by atoms with Crippen LogP contribution >= 0.6 is 103 Å². The van der Waals surface area contributed by atoms with Gasteiger partial charge in [0.25, 0.3) is 17.7 Å². The van der Waals surface area contributed by atoms with Crippen molar-refractivity contribution in [2.24, 2.45) is 23.7 Å². The number of carbonyl (C=O) groups is 11. The minimum Gasteiger partial charge on any atom is -0.481 e. The van der Waals surface area contributed by atoms with Crippen molar-refractivity contribution in [3.63, 3.8) is 0 Å². The maximum Gasteiger partial charge on any atom is 0.341 e. The van der Waals surface area contributed by atoms with Crippen LogP contribution in [0.1, 0.15) is 51.4 Å². The highest BCUT2D eigenvalue weighted by Crippen LogP contribution is 2.62. The van der Waals surface area contributed by atoms with Gasteiger partial charge >= 0.3 is 78.1 Å². The fourth-order valence-corrected chi connectivity index (χ4v) is 20.8. The summed E-state index contributed by atoms with van der Waals surface area (Å²) in [6, 6.07) is 0. The van der Waals surface area contributed by atoms with E-state index in [1.54, 1.807) is 0 Å². The Morgan fingerprint density at radius 1 is 0.292 bits per heavy atom. The summed E-state index contributed by atoms with van der Waals surface area (Å²) in [5, 5.41) is 17.7. The molecular formula is C56H116N6O39P12. The van der Waals surface area contributed by atoms with Crippen LogP contribution < -0.4 is 0 Å². The summed E-state index contributed by atoms with van der Waals surface area (Å²) in [5.74, 6) is -11.7. The molecule has 0 aromatic rings. The summed E-state index contributed by atoms with van der Waals surface area (Å²) < 4.78 is 161. The van der Waals surface area contributed by atoms with Crippen LogP contribution in [0.2, 0.25) is 0 Å². The number of nitrogens with zero attached hydrogens (tertiary/aromatic N) is 6. The molecule has 12 atom stereocenters. The van der Waals surface area contributed by atoms with Crippen LogP contribution in [0.25, 0.3) is 0 Å². The second-order valence-corrected chi connectivity index (χ2v) is 40.4. The molecule has 0 heterocycles. The van der Waals surface area contributed by atoms with Gasteiger partial charge in [-0.3, -0.25) is 105 Å². The number of carboxylic acid groups (broad SMARTS) is 2. The number of amides is 3. The van der Waals surface area contributed by atoms with Crippen molar-refractivity contribution in [3.05, 3.63) is 0 Å². The molecule has 0 fully saturated rings. The van der Waals surface area contributed by atoms with Gasteiger partial charge in [-0.15, -0.1) is 0 Å². The molecule has 664 valence electrons. The van der Waals surface area contributed by atoms with Crippen molar-refractivity contribution >= 4 is 168 Å². The third-order valence-electron chi connectivity index (χ3n) is 12.9. The zero-order valence-corrected chi connectivity index (χ0v) is 78.7. The van der Waals surface area contributed by atoms with Crippen LogP contribution in [-0.4, -0.2) is 330 Å². The quantitative estimate of drug-likeness (QED) is 0.0349. The van der Waals surface area contributed by atoms with E-state index < -0.39 is 224 Å². The standard InChI is InChI=1S/C16H31N2O11P3.C16H35N2O9P3.C12H24NO10P3.C12H26NO9P3/c1-17(2)13(19)9-26-15(21)8-7-12(16(22)27-10-14(20)18(3)4)11-32(23,28-30-24-5)29-31-25-6;1-17(2)9-11-24-15(19)8-7-14(16(20)25-12-10-18(3)4)13-30(21,26-28-22-5)27-29-23-6;1-13(2)10(14)7-21-12(17)9(5-6-11(15)16)8-26(18,22-24-19-3)23-25-20-4;1-13(2)7-8-20-12(16)10(5-6-11(14)15)9-25(17,21-23-18-3)22-24-19-4/h12,30-31H,7-11H2,1-6H3;14,28-29H,7-13H2,1-6H3;9,24-25H,5-8H2,1-4H3,(H,15,16);10,23-24H,5-9H2,1-4H3,(H,14,15). The number of carbonyl (C=O) groups excluding carboxylic acids is 9. The number of esters is 6.